The van der Waals surface area contributed by atoms with Crippen molar-refractivity contribution >= 4 is 23.2 Å². The predicted octanol–water partition coefficient (Wildman–Crippen LogP) is 2.67. The van der Waals surface area contributed by atoms with Crippen molar-refractivity contribution in [3.05, 3.63) is 47.5 Å². The van der Waals surface area contributed by atoms with E-state index in [2.05, 4.69) is 15.4 Å². The summed E-state index contributed by atoms with van der Waals surface area (Å²) in [6.45, 7) is 2.82. The lowest BCUT2D eigenvalue weighted by Crippen LogP contribution is -2.12. The monoisotopic (exact) mass is 331 g/mol. The molecule has 23 heavy (non-hydrogen) atoms. The number of anilines is 1. The second kappa shape index (κ2) is 6.55. The van der Waals surface area contributed by atoms with Crippen LogP contribution < -0.4 is 11.1 Å². The first-order valence-electron chi connectivity index (χ1n) is 7.31. The Kier molecular flexibility index (Phi) is 4.49. The quantitative estimate of drug-likeness (QED) is 0.752. The lowest BCUT2D eigenvalue weighted by molar-refractivity contribution is 0.624. The van der Waals surface area contributed by atoms with Crippen LogP contribution in [0, 0.1) is 12.7 Å². The standard InChI is InChI=1S/C16H18FN5S/c1-10-8-12(6-7-19-2)20-16-14(15(18)21-22(10)16)23-13-5-3-4-11(17)9-13/h3-5,8-9,19H,6-7H2,1-2H3,(H2,18,21). The van der Waals surface area contributed by atoms with Crippen LogP contribution in [-0.2, 0) is 6.42 Å². The molecule has 5 nitrogen and oxygen atoms in total. The molecule has 0 spiro atoms. The number of fused-ring (bicyclic) bond motifs is 1. The Morgan fingerprint density at radius 1 is 1.35 bits per heavy atom. The average molecular weight is 331 g/mol. The third kappa shape index (κ3) is 3.30. The maximum absolute atomic E-state index is 13.4. The van der Waals surface area contributed by atoms with E-state index in [9.17, 15) is 4.39 Å². The number of hydrogen-bond acceptors (Lipinski definition) is 5. The van der Waals surface area contributed by atoms with Gasteiger partial charge >= 0.3 is 0 Å². The summed E-state index contributed by atoms with van der Waals surface area (Å²) in [7, 11) is 1.91. The molecule has 0 atom stereocenters. The van der Waals surface area contributed by atoms with Crippen LogP contribution in [0.1, 0.15) is 11.4 Å². The van der Waals surface area contributed by atoms with E-state index in [4.69, 9.17) is 5.73 Å². The van der Waals surface area contributed by atoms with E-state index in [1.54, 1.807) is 10.6 Å². The number of likely N-dealkylation sites (N-methyl/N-ethyl adjacent to an activating group) is 1. The number of aromatic nitrogens is 3. The zero-order chi connectivity index (χ0) is 16.4. The second-order valence-electron chi connectivity index (χ2n) is 5.25. The van der Waals surface area contributed by atoms with E-state index in [0.717, 1.165) is 34.1 Å². The summed E-state index contributed by atoms with van der Waals surface area (Å²) < 4.78 is 15.1. The van der Waals surface area contributed by atoms with E-state index in [1.807, 2.05) is 26.1 Å². The van der Waals surface area contributed by atoms with Crippen LogP contribution in [0.4, 0.5) is 10.2 Å². The highest BCUT2D eigenvalue weighted by atomic mass is 32.2. The van der Waals surface area contributed by atoms with Crippen molar-refractivity contribution in [3.8, 4) is 0 Å². The minimum Gasteiger partial charge on any atom is -0.381 e. The van der Waals surface area contributed by atoms with E-state index in [1.165, 1.54) is 23.9 Å². The molecule has 0 fully saturated rings. The van der Waals surface area contributed by atoms with E-state index < -0.39 is 0 Å². The third-order valence-corrected chi connectivity index (χ3v) is 4.54. The third-order valence-electron chi connectivity index (χ3n) is 3.45. The van der Waals surface area contributed by atoms with Gasteiger partial charge in [0.1, 0.15) is 10.7 Å². The second-order valence-corrected chi connectivity index (χ2v) is 6.34. The normalized spacial score (nSPS) is 11.3. The van der Waals surface area contributed by atoms with Crippen LogP contribution in [0.15, 0.2) is 40.1 Å². The highest BCUT2D eigenvalue weighted by Crippen LogP contribution is 2.35. The van der Waals surface area contributed by atoms with Gasteiger partial charge in [0.15, 0.2) is 11.5 Å². The van der Waals surface area contributed by atoms with Gasteiger partial charge in [0, 0.05) is 29.2 Å². The summed E-state index contributed by atoms with van der Waals surface area (Å²) in [6.07, 6.45) is 0.822. The number of hydrogen-bond donors (Lipinski definition) is 2. The fourth-order valence-corrected chi connectivity index (χ4v) is 3.28. The largest absolute Gasteiger partial charge is 0.381 e. The molecule has 0 radical (unpaired) electrons. The molecule has 0 bridgehead atoms. The van der Waals surface area contributed by atoms with Gasteiger partial charge in [0.25, 0.3) is 0 Å². The molecule has 0 unspecified atom stereocenters. The zero-order valence-corrected chi connectivity index (χ0v) is 13.8. The smallest absolute Gasteiger partial charge is 0.171 e. The number of nitrogen functional groups attached to an aromatic ring is 1. The van der Waals surface area contributed by atoms with E-state index in [0.29, 0.717) is 11.5 Å². The molecule has 2 aromatic heterocycles. The van der Waals surface area contributed by atoms with Crippen LogP contribution in [0.3, 0.4) is 0 Å². The van der Waals surface area contributed by atoms with Crippen molar-refractivity contribution in [2.24, 2.45) is 0 Å². The first kappa shape index (κ1) is 15.8. The maximum Gasteiger partial charge on any atom is 0.171 e. The van der Waals surface area contributed by atoms with Gasteiger partial charge in [-0.2, -0.15) is 0 Å². The molecule has 0 aliphatic heterocycles. The summed E-state index contributed by atoms with van der Waals surface area (Å²) in [5, 5.41) is 7.47. The number of nitrogens with two attached hydrogens (primary N) is 1. The van der Waals surface area contributed by atoms with Gasteiger partial charge in [-0.25, -0.2) is 13.9 Å². The fourth-order valence-electron chi connectivity index (χ4n) is 2.35. The SMILES string of the molecule is CNCCc1cc(C)n2nc(N)c(Sc3cccc(F)c3)c2n1. The average Bonchev–Trinajstić information content (AvgIpc) is 2.83. The lowest BCUT2D eigenvalue weighted by Gasteiger charge is -2.05. The van der Waals surface area contributed by atoms with Crippen molar-refractivity contribution in [2.45, 2.75) is 23.1 Å². The number of halogens is 1. The fraction of sp³-hybridized carbons (Fsp3) is 0.250. The molecule has 1 aromatic carbocycles. The van der Waals surface area contributed by atoms with Gasteiger partial charge in [-0.15, -0.1) is 5.10 Å². The van der Waals surface area contributed by atoms with Crippen molar-refractivity contribution in [2.75, 3.05) is 19.3 Å². The van der Waals surface area contributed by atoms with Gasteiger partial charge in [-0.3, -0.25) is 0 Å². The van der Waals surface area contributed by atoms with Crippen molar-refractivity contribution in [3.63, 3.8) is 0 Å². The molecule has 0 saturated heterocycles. The van der Waals surface area contributed by atoms with Crippen LogP contribution in [0.2, 0.25) is 0 Å². The minimum absolute atomic E-state index is 0.274. The number of nitrogens with one attached hydrogen (secondary N) is 1. The van der Waals surface area contributed by atoms with Crippen molar-refractivity contribution in [1.82, 2.24) is 19.9 Å². The Labute approximate surface area is 138 Å². The molecule has 120 valence electrons. The lowest BCUT2D eigenvalue weighted by atomic mass is 10.2. The van der Waals surface area contributed by atoms with Crippen molar-refractivity contribution in [1.29, 1.82) is 0 Å². The summed E-state index contributed by atoms with van der Waals surface area (Å²) in [5.41, 5.74) is 8.72. The van der Waals surface area contributed by atoms with E-state index >= 15 is 0 Å². The predicted molar refractivity (Wildman–Crippen MR) is 90.3 cm³/mol. The van der Waals surface area contributed by atoms with E-state index in [-0.39, 0.29) is 5.82 Å². The molecule has 0 saturated carbocycles. The summed E-state index contributed by atoms with van der Waals surface area (Å²) in [6, 6.07) is 8.42. The zero-order valence-electron chi connectivity index (χ0n) is 13.0. The topological polar surface area (TPSA) is 68.2 Å². The first-order chi connectivity index (χ1) is 11.1. The molecule has 0 aliphatic carbocycles. The Morgan fingerprint density at radius 2 is 2.17 bits per heavy atom. The Hall–Kier alpha value is -2.12. The number of nitrogens with zero attached hydrogens (tertiary/aromatic N) is 3. The number of benzene rings is 1. The number of rotatable bonds is 5. The van der Waals surface area contributed by atoms with Gasteiger partial charge < -0.3 is 11.1 Å². The molecule has 0 amide bonds. The highest BCUT2D eigenvalue weighted by Gasteiger charge is 2.16. The highest BCUT2D eigenvalue weighted by molar-refractivity contribution is 7.99. The summed E-state index contributed by atoms with van der Waals surface area (Å²) >= 11 is 1.38. The van der Waals surface area contributed by atoms with Gasteiger partial charge in [0.2, 0.25) is 0 Å². The molecule has 0 aliphatic rings. The number of aryl methyl sites for hydroxylation is 1. The molecule has 3 N–H and O–H groups in total. The minimum atomic E-state index is -0.274. The van der Waals surface area contributed by atoms with Crippen LogP contribution in [0.25, 0.3) is 5.65 Å². The first-order valence-corrected chi connectivity index (χ1v) is 8.13. The molecule has 3 aromatic rings. The molecular formula is C16H18FN5S. The Morgan fingerprint density at radius 3 is 2.91 bits per heavy atom. The summed E-state index contributed by atoms with van der Waals surface area (Å²) in [4.78, 5) is 6.20. The van der Waals surface area contributed by atoms with Crippen molar-refractivity contribution < 1.29 is 4.39 Å². The van der Waals surface area contributed by atoms with Gasteiger partial charge in [0.05, 0.1) is 0 Å². The molecule has 2 heterocycles. The van der Waals surface area contributed by atoms with Gasteiger partial charge in [-0.05, 0) is 38.2 Å². The molecule has 7 heteroatoms. The van der Waals surface area contributed by atoms with Crippen LogP contribution in [0.5, 0.6) is 0 Å². The Bertz CT molecular complexity index is 846. The van der Waals surface area contributed by atoms with Crippen LogP contribution >= 0.6 is 11.8 Å². The van der Waals surface area contributed by atoms with Crippen LogP contribution in [-0.4, -0.2) is 28.2 Å². The Balaban J connectivity index is 2.04. The summed E-state index contributed by atoms with van der Waals surface area (Å²) in [5.74, 6) is 0.129. The van der Waals surface area contributed by atoms with Gasteiger partial charge in [-0.1, -0.05) is 17.8 Å². The molecular weight excluding hydrogens is 313 g/mol. The molecule has 3 rings (SSSR count). The maximum atomic E-state index is 13.4.